The molecule has 0 atom stereocenters. The van der Waals surface area contributed by atoms with Gasteiger partial charge in [-0.2, -0.15) is 0 Å². The fourth-order valence-corrected chi connectivity index (χ4v) is 2.05. The Kier molecular flexibility index (Phi) is 6.84. The monoisotopic (exact) mass is 358 g/mol. The van der Waals surface area contributed by atoms with Crippen LogP contribution in [0.3, 0.4) is 0 Å². The lowest BCUT2D eigenvalue weighted by atomic mass is 10.1. The topological polar surface area (TPSA) is 85.9 Å². The Bertz CT molecular complexity index is 776. The molecule has 2 aromatic rings. The van der Waals surface area contributed by atoms with E-state index < -0.39 is 11.8 Å². The lowest BCUT2D eigenvalue weighted by Gasteiger charge is -2.11. The first-order valence-corrected chi connectivity index (χ1v) is 8.03. The van der Waals surface area contributed by atoms with Crippen LogP contribution in [0.1, 0.15) is 11.1 Å². The van der Waals surface area contributed by atoms with Gasteiger partial charge in [0.2, 0.25) is 0 Å². The average Bonchev–Trinajstić information content (AvgIpc) is 2.65. The molecule has 0 fully saturated rings. The zero-order valence-electron chi connectivity index (χ0n) is 15.0. The Morgan fingerprint density at radius 2 is 1.46 bits per heavy atom. The molecule has 0 spiro atoms. The second-order valence-electron chi connectivity index (χ2n) is 5.57. The highest BCUT2D eigenvalue weighted by Gasteiger charge is 2.09. The van der Waals surface area contributed by atoms with Gasteiger partial charge < -0.3 is 14.2 Å². The maximum Gasteiger partial charge on any atom is 0.276 e. The first-order chi connectivity index (χ1) is 12.5. The molecule has 0 aliphatic rings. The first kappa shape index (κ1) is 19.1. The van der Waals surface area contributed by atoms with E-state index in [-0.39, 0.29) is 13.2 Å². The van der Waals surface area contributed by atoms with Crippen molar-refractivity contribution in [2.75, 3.05) is 20.3 Å². The molecule has 2 amide bonds. The maximum absolute atomic E-state index is 11.7. The van der Waals surface area contributed by atoms with Gasteiger partial charge in [0, 0.05) is 0 Å². The lowest BCUT2D eigenvalue weighted by Crippen LogP contribution is -2.45. The predicted molar refractivity (Wildman–Crippen MR) is 96.2 cm³/mol. The molecule has 0 heterocycles. The second-order valence-corrected chi connectivity index (χ2v) is 5.57. The minimum Gasteiger partial charge on any atom is -0.493 e. The van der Waals surface area contributed by atoms with Gasteiger partial charge in [-0.05, 0) is 49.2 Å². The normalized spacial score (nSPS) is 9.96. The fourth-order valence-electron chi connectivity index (χ4n) is 2.05. The van der Waals surface area contributed by atoms with Crippen LogP contribution in [0, 0.1) is 13.8 Å². The molecule has 138 valence electrons. The molecule has 0 saturated heterocycles. The van der Waals surface area contributed by atoms with Crippen molar-refractivity contribution < 1.29 is 23.8 Å². The van der Waals surface area contributed by atoms with Gasteiger partial charge in [0.25, 0.3) is 11.8 Å². The van der Waals surface area contributed by atoms with Gasteiger partial charge >= 0.3 is 0 Å². The van der Waals surface area contributed by atoms with Gasteiger partial charge in [-0.1, -0.05) is 18.2 Å². The fraction of sp³-hybridized carbons (Fsp3) is 0.263. The van der Waals surface area contributed by atoms with Crippen molar-refractivity contribution in [3.63, 3.8) is 0 Å². The number of methoxy groups -OCH3 is 1. The molecule has 0 aliphatic carbocycles. The summed E-state index contributed by atoms with van der Waals surface area (Å²) in [6.07, 6.45) is 0. The van der Waals surface area contributed by atoms with Gasteiger partial charge in [0.1, 0.15) is 5.75 Å². The van der Waals surface area contributed by atoms with Crippen molar-refractivity contribution in [1.82, 2.24) is 10.9 Å². The average molecular weight is 358 g/mol. The highest BCUT2D eigenvalue weighted by Crippen LogP contribution is 2.25. The third-order valence-electron chi connectivity index (χ3n) is 3.62. The van der Waals surface area contributed by atoms with E-state index in [1.165, 1.54) is 7.11 Å². The summed E-state index contributed by atoms with van der Waals surface area (Å²) in [7, 11) is 1.51. The summed E-state index contributed by atoms with van der Waals surface area (Å²) in [4.78, 5) is 23.5. The molecule has 0 unspecified atom stereocenters. The summed E-state index contributed by atoms with van der Waals surface area (Å²) in [5.74, 6) is 0.569. The van der Waals surface area contributed by atoms with E-state index in [0.29, 0.717) is 17.2 Å². The molecule has 26 heavy (non-hydrogen) atoms. The molecule has 0 aromatic heterocycles. The quantitative estimate of drug-likeness (QED) is 0.739. The number of amides is 2. The van der Waals surface area contributed by atoms with Crippen molar-refractivity contribution >= 4 is 11.8 Å². The molecule has 0 bridgehead atoms. The number of nitrogens with one attached hydrogen (secondary N) is 2. The number of carbonyl (C=O) groups is 2. The second kappa shape index (κ2) is 9.31. The van der Waals surface area contributed by atoms with Crippen LogP contribution >= 0.6 is 0 Å². The molecular weight excluding hydrogens is 336 g/mol. The van der Waals surface area contributed by atoms with Crippen molar-refractivity contribution in [3.8, 4) is 17.2 Å². The van der Waals surface area contributed by atoms with Gasteiger partial charge in [0.05, 0.1) is 7.11 Å². The number of hydrogen-bond acceptors (Lipinski definition) is 5. The van der Waals surface area contributed by atoms with E-state index in [2.05, 4.69) is 10.9 Å². The van der Waals surface area contributed by atoms with E-state index in [9.17, 15) is 9.59 Å². The number of benzene rings is 2. The van der Waals surface area contributed by atoms with Crippen molar-refractivity contribution in [1.29, 1.82) is 0 Å². The Morgan fingerprint density at radius 1 is 0.846 bits per heavy atom. The molecule has 2 aromatic carbocycles. The Hall–Kier alpha value is -3.22. The first-order valence-electron chi connectivity index (χ1n) is 8.03. The molecule has 0 aliphatic heterocycles. The largest absolute Gasteiger partial charge is 0.493 e. The molecule has 7 heteroatoms. The van der Waals surface area contributed by atoms with Crippen LogP contribution in [-0.4, -0.2) is 32.1 Å². The highest BCUT2D eigenvalue weighted by atomic mass is 16.5. The number of aryl methyl sites for hydroxylation is 2. The minimum atomic E-state index is -0.504. The van der Waals surface area contributed by atoms with Crippen LogP contribution in [0.15, 0.2) is 42.5 Å². The summed E-state index contributed by atoms with van der Waals surface area (Å²) >= 11 is 0. The molecule has 2 rings (SSSR count). The SMILES string of the molecule is COc1ccccc1OCC(=O)NNC(=O)COc1ccc(C)c(C)c1. The molecule has 0 radical (unpaired) electrons. The summed E-state index contributed by atoms with van der Waals surface area (Å²) < 4.78 is 15.9. The van der Waals surface area contributed by atoms with Gasteiger partial charge in [-0.3, -0.25) is 20.4 Å². The molecule has 7 nitrogen and oxygen atoms in total. The number of ether oxygens (including phenoxy) is 3. The van der Waals surface area contributed by atoms with Crippen LogP contribution in [0.25, 0.3) is 0 Å². The Morgan fingerprint density at radius 3 is 2.08 bits per heavy atom. The van der Waals surface area contributed by atoms with Crippen LogP contribution in [-0.2, 0) is 9.59 Å². The van der Waals surface area contributed by atoms with Crippen LogP contribution in [0.5, 0.6) is 17.2 Å². The standard InChI is InChI=1S/C19H22N2O5/c1-13-8-9-15(10-14(13)2)25-11-18(22)20-21-19(23)12-26-17-7-5-4-6-16(17)24-3/h4-10H,11-12H2,1-3H3,(H,20,22)(H,21,23). The third kappa shape index (κ3) is 5.70. The van der Waals surface area contributed by atoms with Crippen LogP contribution in [0.4, 0.5) is 0 Å². The van der Waals surface area contributed by atoms with Gasteiger partial charge in [-0.25, -0.2) is 0 Å². The van der Waals surface area contributed by atoms with E-state index in [4.69, 9.17) is 14.2 Å². The Balaban J connectivity index is 1.71. The number of para-hydroxylation sites is 2. The molecule has 0 saturated carbocycles. The molecule has 2 N–H and O–H groups in total. The summed E-state index contributed by atoms with van der Waals surface area (Å²) in [6, 6.07) is 12.5. The van der Waals surface area contributed by atoms with E-state index in [0.717, 1.165) is 11.1 Å². The third-order valence-corrected chi connectivity index (χ3v) is 3.62. The summed E-state index contributed by atoms with van der Waals surface area (Å²) in [5.41, 5.74) is 6.75. The zero-order valence-corrected chi connectivity index (χ0v) is 15.0. The minimum absolute atomic E-state index is 0.212. The number of hydrogen-bond donors (Lipinski definition) is 2. The van der Waals surface area contributed by atoms with Crippen LogP contribution < -0.4 is 25.1 Å². The predicted octanol–water partition coefficient (Wildman–Crippen LogP) is 1.92. The zero-order chi connectivity index (χ0) is 18.9. The van der Waals surface area contributed by atoms with E-state index >= 15 is 0 Å². The van der Waals surface area contributed by atoms with Crippen molar-refractivity contribution in [2.45, 2.75) is 13.8 Å². The van der Waals surface area contributed by atoms with Crippen molar-refractivity contribution in [3.05, 3.63) is 53.6 Å². The van der Waals surface area contributed by atoms with Gasteiger partial charge in [-0.15, -0.1) is 0 Å². The van der Waals surface area contributed by atoms with Crippen molar-refractivity contribution in [2.24, 2.45) is 0 Å². The van der Waals surface area contributed by atoms with E-state index in [1.807, 2.05) is 26.0 Å². The summed E-state index contributed by atoms with van der Waals surface area (Å²) in [6.45, 7) is 3.48. The maximum atomic E-state index is 11.7. The highest BCUT2D eigenvalue weighted by molar-refractivity contribution is 5.83. The number of rotatable bonds is 7. The summed E-state index contributed by atoms with van der Waals surface area (Å²) in [5, 5.41) is 0. The Labute approximate surface area is 152 Å². The number of hydrazine groups is 1. The van der Waals surface area contributed by atoms with Crippen LogP contribution in [0.2, 0.25) is 0 Å². The lowest BCUT2D eigenvalue weighted by molar-refractivity contribution is -0.131. The smallest absolute Gasteiger partial charge is 0.276 e. The van der Waals surface area contributed by atoms with Gasteiger partial charge in [0.15, 0.2) is 24.7 Å². The number of carbonyl (C=O) groups excluding carboxylic acids is 2. The molecular formula is C19H22N2O5. The van der Waals surface area contributed by atoms with E-state index in [1.54, 1.807) is 30.3 Å².